The van der Waals surface area contributed by atoms with Gasteiger partial charge in [-0.15, -0.1) is 0 Å². The van der Waals surface area contributed by atoms with Gasteiger partial charge in [0.1, 0.15) is 0 Å². The standard InChI is InChI=1S/C54H103NO3/c1-3-5-7-9-11-13-15-16-17-18-19-20-21-22-23-24-25-26-27-28-29-30-31-32-33-34-35-36-37-38-39-40-42-44-46-48-50-54(58)55-52(51-56)53(57)49-47-45-43-41-14-12-10-8-6-4-2/h6,8,14,41,47,49,52-53,56-57H,3-5,7,9-13,15-40,42-46,48,50-51H2,1-2H3,(H,55,58)/b8-6+,41-14+,49-47+. The fourth-order valence-electron chi connectivity index (χ4n) is 8.16. The second-order valence-electron chi connectivity index (χ2n) is 17.9. The van der Waals surface area contributed by atoms with Crippen LogP contribution in [0.25, 0.3) is 0 Å². The number of hydrogen-bond donors (Lipinski definition) is 3. The predicted molar refractivity (Wildman–Crippen MR) is 258 cm³/mol. The number of unbranched alkanes of at least 4 members (excludes halogenated alkanes) is 37. The third-order valence-corrected chi connectivity index (χ3v) is 12.1. The molecule has 1 amide bonds. The average Bonchev–Trinajstić information content (AvgIpc) is 3.23. The van der Waals surface area contributed by atoms with E-state index in [1.165, 1.54) is 218 Å². The lowest BCUT2D eigenvalue weighted by atomic mass is 10.0. The quantitative estimate of drug-likeness (QED) is 0.0423. The van der Waals surface area contributed by atoms with Crippen LogP contribution in [-0.4, -0.2) is 34.9 Å². The van der Waals surface area contributed by atoms with Crippen LogP contribution in [0.3, 0.4) is 0 Å². The van der Waals surface area contributed by atoms with Gasteiger partial charge in [0, 0.05) is 6.42 Å². The van der Waals surface area contributed by atoms with Crippen LogP contribution < -0.4 is 5.32 Å². The number of nitrogens with one attached hydrogen (secondary N) is 1. The molecular weight excluding hydrogens is 711 g/mol. The van der Waals surface area contributed by atoms with Crippen LogP contribution in [0.5, 0.6) is 0 Å². The van der Waals surface area contributed by atoms with Crippen molar-refractivity contribution in [3.8, 4) is 0 Å². The van der Waals surface area contributed by atoms with Crippen LogP contribution in [0, 0.1) is 0 Å². The normalized spacial score (nSPS) is 13.1. The third kappa shape index (κ3) is 45.7. The molecule has 0 aliphatic heterocycles. The zero-order valence-electron chi connectivity index (χ0n) is 39.3. The molecule has 0 fully saturated rings. The number of hydrogen-bond acceptors (Lipinski definition) is 3. The van der Waals surface area contributed by atoms with Crippen molar-refractivity contribution in [2.24, 2.45) is 0 Å². The van der Waals surface area contributed by atoms with Crippen molar-refractivity contribution in [2.75, 3.05) is 6.61 Å². The van der Waals surface area contributed by atoms with Gasteiger partial charge in [0.25, 0.3) is 0 Å². The van der Waals surface area contributed by atoms with Gasteiger partial charge in [0.2, 0.25) is 5.91 Å². The maximum Gasteiger partial charge on any atom is 0.220 e. The number of carbonyl (C=O) groups is 1. The molecule has 0 saturated heterocycles. The molecule has 342 valence electrons. The first-order valence-electron chi connectivity index (χ1n) is 26.2. The highest BCUT2D eigenvalue weighted by molar-refractivity contribution is 5.76. The van der Waals surface area contributed by atoms with Gasteiger partial charge in [-0.3, -0.25) is 4.79 Å². The Morgan fingerprint density at radius 2 is 0.690 bits per heavy atom. The average molecular weight is 814 g/mol. The maximum atomic E-state index is 12.4. The van der Waals surface area contributed by atoms with Gasteiger partial charge in [0.15, 0.2) is 0 Å². The molecule has 58 heavy (non-hydrogen) atoms. The zero-order valence-corrected chi connectivity index (χ0v) is 39.3. The van der Waals surface area contributed by atoms with Gasteiger partial charge >= 0.3 is 0 Å². The highest BCUT2D eigenvalue weighted by Gasteiger charge is 2.17. The monoisotopic (exact) mass is 814 g/mol. The highest BCUT2D eigenvalue weighted by atomic mass is 16.3. The summed E-state index contributed by atoms with van der Waals surface area (Å²) in [7, 11) is 0. The number of carbonyl (C=O) groups excluding carboxylic acids is 1. The second kappa shape index (κ2) is 50.0. The first-order valence-corrected chi connectivity index (χ1v) is 26.2. The van der Waals surface area contributed by atoms with E-state index < -0.39 is 12.1 Å². The fourth-order valence-corrected chi connectivity index (χ4v) is 8.16. The summed E-state index contributed by atoms with van der Waals surface area (Å²) in [5, 5.41) is 22.9. The Bertz CT molecular complexity index is 882. The summed E-state index contributed by atoms with van der Waals surface area (Å²) in [6.07, 6.45) is 67.6. The summed E-state index contributed by atoms with van der Waals surface area (Å²) in [6.45, 7) is 4.19. The van der Waals surface area contributed by atoms with Crippen LogP contribution in [0.2, 0.25) is 0 Å². The number of aliphatic hydroxyl groups is 2. The van der Waals surface area contributed by atoms with Crippen LogP contribution in [-0.2, 0) is 4.79 Å². The Hall–Kier alpha value is -1.39. The summed E-state index contributed by atoms with van der Waals surface area (Å²) in [5.74, 6) is -0.0762. The number of allylic oxidation sites excluding steroid dienone is 5. The summed E-state index contributed by atoms with van der Waals surface area (Å²) in [4.78, 5) is 12.4. The Labute approximate surface area is 363 Å². The molecule has 0 spiro atoms. The Kier molecular flexibility index (Phi) is 48.8. The summed E-state index contributed by atoms with van der Waals surface area (Å²) in [5.41, 5.74) is 0. The first kappa shape index (κ1) is 56.6. The number of amides is 1. The molecule has 0 heterocycles. The van der Waals surface area contributed by atoms with E-state index in [0.717, 1.165) is 44.9 Å². The van der Waals surface area contributed by atoms with E-state index in [2.05, 4.69) is 43.5 Å². The molecule has 0 aliphatic carbocycles. The van der Waals surface area contributed by atoms with Gasteiger partial charge < -0.3 is 15.5 Å². The molecule has 0 radical (unpaired) electrons. The number of rotatable bonds is 48. The summed E-state index contributed by atoms with van der Waals surface area (Å²) < 4.78 is 0. The lowest BCUT2D eigenvalue weighted by Crippen LogP contribution is -2.45. The molecule has 3 N–H and O–H groups in total. The molecule has 0 aromatic rings. The Morgan fingerprint density at radius 1 is 0.414 bits per heavy atom. The highest BCUT2D eigenvalue weighted by Crippen LogP contribution is 2.17. The Balaban J connectivity index is 3.35. The predicted octanol–water partition coefficient (Wildman–Crippen LogP) is 16.9. The van der Waals surface area contributed by atoms with Gasteiger partial charge in [0.05, 0.1) is 18.8 Å². The lowest BCUT2D eigenvalue weighted by Gasteiger charge is -2.19. The van der Waals surface area contributed by atoms with Gasteiger partial charge in [-0.1, -0.05) is 275 Å². The Morgan fingerprint density at radius 3 is 0.983 bits per heavy atom. The lowest BCUT2D eigenvalue weighted by molar-refractivity contribution is -0.123. The zero-order chi connectivity index (χ0) is 42.1. The van der Waals surface area contributed by atoms with Crippen molar-refractivity contribution in [2.45, 2.75) is 296 Å². The van der Waals surface area contributed by atoms with E-state index in [1.807, 2.05) is 6.08 Å². The minimum Gasteiger partial charge on any atom is -0.394 e. The van der Waals surface area contributed by atoms with Gasteiger partial charge in [-0.05, 0) is 38.5 Å². The summed E-state index contributed by atoms with van der Waals surface area (Å²) in [6, 6.07) is -0.641. The molecule has 0 aromatic heterocycles. The second-order valence-corrected chi connectivity index (χ2v) is 17.9. The molecule has 4 heteroatoms. The first-order chi connectivity index (χ1) is 28.7. The molecular formula is C54H103NO3. The summed E-state index contributed by atoms with van der Waals surface area (Å²) >= 11 is 0. The van der Waals surface area contributed by atoms with Crippen molar-refractivity contribution in [1.29, 1.82) is 0 Å². The minimum atomic E-state index is -0.866. The van der Waals surface area contributed by atoms with Crippen LogP contribution in [0.15, 0.2) is 36.5 Å². The molecule has 0 aliphatic rings. The van der Waals surface area contributed by atoms with Crippen molar-refractivity contribution < 1.29 is 15.0 Å². The SMILES string of the molecule is CC/C=C/CC/C=C/CC/C=C/C(O)C(CO)NC(=O)CCCCCCCCCCCCCCCCCCCCCCCCCCCCCCCCCCCCCC. The largest absolute Gasteiger partial charge is 0.394 e. The van der Waals surface area contributed by atoms with E-state index in [0.29, 0.717) is 6.42 Å². The van der Waals surface area contributed by atoms with Crippen LogP contribution >= 0.6 is 0 Å². The van der Waals surface area contributed by atoms with E-state index in [4.69, 9.17) is 0 Å². The molecule has 0 rings (SSSR count). The minimum absolute atomic E-state index is 0.0762. The topological polar surface area (TPSA) is 69.6 Å². The molecule has 2 atom stereocenters. The third-order valence-electron chi connectivity index (χ3n) is 12.1. The fraction of sp³-hybridized carbons (Fsp3) is 0.870. The van der Waals surface area contributed by atoms with Crippen LogP contribution in [0.4, 0.5) is 0 Å². The van der Waals surface area contributed by atoms with Crippen molar-refractivity contribution >= 4 is 5.91 Å². The van der Waals surface area contributed by atoms with E-state index in [-0.39, 0.29) is 12.5 Å². The van der Waals surface area contributed by atoms with Crippen molar-refractivity contribution in [3.63, 3.8) is 0 Å². The molecule has 4 nitrogen and oxygen atoms in total. The molecule has 2 unspecified atom stereocenters. The maximum absolute atomic E-state index is 12.4. The van der Waals surface area contributed by atoms with Crippen molar-refractivity contribution in [3.05, 3.63) is 36.5 Å². The molecule has 0 bridgehead atoms. The number of aliphatic hydroxyl groups excluding tert-OH is 2. The van der Waals surface area contributed by atoms with Gasteiger partial charge in [-0.25, -0.2) is 0 Å². The van der Waals surface area contributed by atoms with Crippen LogP contribution in [0.1, 0.15) is 284 Å². The van der Waals surface area contributed by atoms with E-state index >= 15 is 0 Å². The molecule has 0 saturated carbocycles. The van der Waals surface area contributed by atoms with E-state index in [9.17, 15) is 15.0 Å². The van der Waals surface area contributed by atoms with Crippen molar-refractivity contribution in [1.82, 2.24) is 5.32 Å². The van der Waals surface area contributed by atoms with Gasteiger partial charge in [-0.2, -0.15) is 0 Å². The van der Waals surface area contributed by atoms with E-state index in [1.54, 1.807) is 6.08 Å². The molecule has 0 aromatic carbocycles. The smallest absolute Gasteiger partial charge is 0.220 e.